The van der Waals surface area contributed by atoms with Crippen molar-refractivity contribution in [1.82, 2.24) is 4.98 Å². The Morgan fingerprint density at radius 3 is 3.00 bits per heavy atom. The Morgan fingerprint density at radius 2 is 2.43 bits per heavy atom. The van der Waals surface area contributed by atoms with Gasteiger partial charge in [0.2, 0.25) is 0 Å². The number of hydrogen-bond acceptors (Lipinski definition) is 3. The second kappa shape index (κ2) is 3.42. The maximum atomic E-state index is 4.45. The molecule has 74 valence electrons. The molecule has 0 aliphatic carbocycles. The Balaban J connectivity index is 1.86. The van der Waals surface area contributed by atoms with Crippen molar-refractivity contribution < 1.29 is 0 Å². The van der Waals surface area contributed by atoms with Crippen LogP contribution in [0, 0.1) is 0 Å². The lowest BCUT2D eigenvalue weighted by Gasteiger charge is -2.27. The average Bonchev–Trinajstić information content (AvgIpc) is 2.80. The summed E-state index contributed by atoms with van der Waals surface area (Å²) in [6.45, 7) is 1.18. The number of pyridine rings is 1. The van der Waals surface area contributed by atoms with Crippen LogP contribution in [-0.2, 0) is 0 Å². The van der Waals surface area contributed by atoms with Gasteiger partial charge in [0.15, 0.2) is 0 Å². The van der Waals surface area contributed by atoms with Crippen molar-refractivity contribution in [3.63, 3.8) is 0 Å². The van der Waals surface area contributed by atoms with E-state index in [-0.39, 0.29) is 0 Å². The molecule has 0 N–H and O–H groups in total. The summed E-state index contributed by atoms with van der Waals surface area (Å²) in [5, 5.41) is 0.852. The molecule has 2 atom stereocenters. The highest BCUT2D eigenvalue weighted by Gasteiger charge is 2.38. The van der Waals surface area contributed by atoms with Crippen LogP contribution in [0.5, 0.6) is 0 Å². The van der Waals surface area contributed by atoms with Crippen LogP contribution in [0.3, 0.4) is 0 Å². The second-order valence-electron chi connectivity index (χ2n) is 3.83. The topological polar surface area (TPSA) is 16.1 Å². The van der Waals surface area contributed by atoms with Crippen LogP contribution in [0.15, 0.2) is 22.8 Å². The highest BCUT2D eigenvalue weighted by Crippen LogP contribution is 2.39. The first-order valence-corrected chi connectivity index (χ1v) is 6.67. The van der Waals surface area contributed by atoms with E-state index in [4.69, 9.17) is 0 Å². The van der Waals surface area contributed by atoms with Crippen LogP contribution >= 0.6 is 27.7 Å². The summed E-state index contributed by atoms with van der Waals surface area (Å²) in [6, 6.07) is 4.91. The van der Waals surface area contributed by atoms with Crippen molar-refractivity contribution in [2.75, 3.05) is 17.2 Å². The first-order valence-electron chi connectivity index (χ1n) is 4.83. The average molecular weight is 271 g/mol. The Hall–Kier alpha value is -0.220. The molecule has 2 saturated heterocycles. The van der Waals surface area contributed by atoms with E-state index in [9.17, 15) is 0 Å². The number of anilines is 1. The molecule has 3 heterocycles. The number of hydrogen-bond donors (Lipinski definition) is 0. The van der Waals surface area contributed by atoms with Crippen LogP contribution in [0.25, 0.3) is 0 Å². The highest BCUT2D eigenvalue weighted by molar-refractivity contribution is 9.10. The molecule has 1 aromatic heterocycles. The quantitative estimate of drug-likeness (QED) is 0.781. The number of fused-ring (bicyclic) bond motifs is 2. The molecule has 2 aliphatic heterocycles. The third-order valence-corrected chi connectivity index (χ3v) is 4.77. The minimum Gasteiger partial charge on any atom is -0.352 e. The predicted molar refractivity (Wildman–Crippen MR) is 63.9 cm³/mol. The van der Waals surface area contributed by atoms with E-state index in [2.05, 4.69) is 49.7 Å². The lowest BCUT2D eigenvalue weighted by molar-refractivity contribution is 0.752. The molecule has 0 aromatic carbocycles. The SMILES string of the molecule is Brc1ccc(N2CC3CC2CS3)nc1. The first-order chi connectivity index (χ1) is 6.83. The molecule has 2 nitrogen and oxygen atoms in total. The van der Waals surface area contributed by atoms with Gasteiger partial charge in [-0.2, -0.15) is 11.8 Å². The first kappa shape index (κ1) is 9.04. The van der Waals surface area contributed by atoms with Crippen molar-refractivity contribution in [1.29, 1.82) is 0 Å². The molecule has 4 heteroatoms. The summed E-state index contributed by atoms with van der Waals surface area (Å²) >= 11 is 5.52. The molecular formula is C10H11BrN2S. The number of nitrogens with zero attached hydrogens (tertiary/aromatic N) is 2. The summed E-state index contributed by atoms with van der Waals surface area (Å²) < 4.78 is 1.06. The zero-order chi connectivity index (χ0) is 9.54. The molecule has 0 amide bonds. The molecule has 0 saturated carbocycles. The van der Waals surface area contributed by atoms with Crippen molar-refractivity contribution in [2.24, 2.45) is 0 Å². The summed E-state index contributed by atoms with van der Waals surface area (Å²) in [5.74, 6) is 2.42. The minimum absolute atomic E-state index is 0.735. The van der Waals surface area contributed by atoms with Crippen molar-refractivity contribution in [2.45, 2.75) is 17.7 Å². The molecule has 14 heavy (non-hydrogen) atoms. The van der Waals surface area contributed by atoms with Crippen LogP contribution in [0.4, 0.5) is 5.82 Å². The normalized spacial score (nSPS) is 29.9. The van der Waals surface area contributed by atoms with Crippen LogP contribution in [0.2, 0.25) is 0 Å². The molecule has 2 unspecified atom stereocenters. The lowest BCUT2D eigenvalue weighted by atomic mass is 10.2. The number of thioether (sulfide) groups is 1. The third kappa shape index (κ3) is 1.44. The van der Waals surface area contributed by atoms with Gasteiger partial charge in [0.05, 0.1) is 0 Å². The van der Waals surface area contributed by atoms with E-state index in [0.717, 1.165) is 21.6 Å². The summed E-state index contributed by atoms with van der Waals surface area (Å²) in [6.07, 6.45) is 3.23. The third-order valence-electron chi connectivity index (χ3n) is 2.91. The fourth-order valence-electron chi connectivity index (χ4n) is 2.22. The van der Waals surface area contributed by atoms with E-state index < -0.39 is 0 Å². The monoisotopic (exact) mass is 270 g/mol. The van der Waals surface area contributed by atoms with Crippen molar-refractivity contribution in [3.8, 4) is 0 Å². The molecule has 3 rings (SSSR count). The van der Waals surface area contributed by atoms with Gasteiger partial charge in [-0.15, -0.1) is 0 Å². The Bertz CT molecular complexity index is 340. The molecule has 0 spiro atoms. The van der Waals surface area contributed by atoms with Gasteiger partial charge in [-0.3, -0.25) is 0 Å². The maximum absolute atomic E-state index is 4.45. The molecule has 0 radical (unpaired) electrons. The summed E-state index contributed by atoms with van der Waals surface area (Å²) in [5.41, 5.74) is 0. The highest BCUT2D eigenvalue weighted by atomic mass is 79.9. The number of halogens is 1. The maximum Gasteiger partial charge on any atom is 0.128 e. The zero-order valence-corrected chi connectivity index (χ0v) is 10.1. The largest absolute Gasteiger partial charge is 0.352 e. The van der Waals surface area contributed by atoms with E-state index in [1.54, 1.807) is 0 Å². The van der Waals surface area contributed by atoms with Gasteiger partial charge < -0.3 is 4.90 Å². The Kier molecular flexibility index (Phi) is 2.21. The van der Waals surface area contributed by atoms with Crippen LogP contribution in [-0.4, -0.2) is 28.6 Å². The molecular weight excluding hydrogens is 260 g/mol. The number of rotatable bonds is 1. The van der Waals surface area contributed by atoms with Crippen LogP contribution in [0.1, 0.15) is 6.42 Å². The molecule has 2 aliphatic rings. The molecule has 2 fully saturated rings. The van der Waals surface area contributed by atoms with Crippen LogP contribution < -0.4 is 4.90 Å². The molecule has 1 aromatic rings. The second-order valence-corrected chi connectivity index (χ2v) is 6.08. The minimum atomic E-state index is 0.735. The van der Waals surface area contributed by atoms with Crippen molar-refractivity contribution >= 4 is 33.5 Å². The fraction of sp³-hybridized carbons (Fsp3) is 0.500. The van der Waals surface area contributed by atoms with Gasteiger partial charge in [-0.1, -0.05) is 0 Å². The molecule has 2 bridgehead atoms. The standard InChI is InChI=1S/C10H11BrN2S/c11-7-1-2-10(12-4-7)13-5-9-3-8(13)6-14-9/h1-2,4,8-9H,3,5-6H2. The smallest absolute Gasteiger partial charge is 0.128 e. The van der Waals surface area contributed by atoms with Gasteiger partial charge >= 0.3 is 0 Å². The van der Waals surface area contributed by atoms with Gasteiger partial charge in [0.1, 0.15) is 5.82 Å². The van der Waals surface area contributed by atoms with E-state index >= 15 is 0 Å². The summed E-state index contributed by atoms with van der Waals surface area (Å²) in [4.78, 5) is 6.90. The number of aromatic nitrogens is 1. The Labute approximate surface area is 96.2 Å². The zero-order valence-electron chi connectivity index (χ0n) is 7.69. The van der Waals surface area contributed by atoms with Gasteiger partial charge in [-0.05, 0) is 34.5 Å². The van der Waals surface area contributed by atoms with Gasteiger partial charge in [-0.25, -0.2) is 4.98 Å². The van der Waals surface area contributed by atoms with Gasteiger partial charge in [0, 0.05) is 34.3 Å². The fourth-order valence-corrected chi connectivity index (χ4v) is 3.89. The van der Waals surface area contributed by atoms with E-state index in [1.165, 1.54) is 18.7 Å². The van der Waals surface area contributed by atoms with Crippen molar-refractivity contribution in [3.05, 3.63) is 22.8 Å². The lowest BCUT2D eigenvalue weighted by Crippen LogP contribution is -2.34. The Morgan fingerprint density at radius 1 is 1.50 bits per heavy atom. The predicted octanol–water partition coefficient (Wildman–Crippen LogP) is 2.54. The van der Waals surface area contributed by atoms with E-state index in [0.29, 0.717) is 0 Å². The van der Waals surface area contributed by atoms with Gasteiger partial charge in [0.25, 0.3) is 0 Å². The van der Waals surface area contributed by atoms with E-state index in [1.807, 2.05) is 6.20 Å². The summed E-state index contributed by atoms with van der Waals surface area (Å²) in [7, 11) is 0.